The quantitative estimate of drug-likeness (QED) is 0.622. The van der Waals surface area contributed by atoms with Gasteiger partial charge in [0, 0.05) is 17.9 Å². The molecule has 1 aromatic heterocycles. The van der Waals surface area contributed by atoms with Crippen molar-refractivity contribution in [1.29, 1.82) is 0 Å². The highest BCUT2D eigenvalue weighted by molar-refractivity contribution is 7.80. The molecule has 1 aromatic rings. The van der Waals surface area contributed by atoms with Crippen LogP contribution in [-0.2, 0) is 6.54 Å². The van der Waals surface area contributed by atoms with Gasteiger partial charge in [-0.25, -0.2) is 4.79 Å². The van der Waals surface area contributed by atoms with Crippen molar-refractivity contribution in [3.63, 3.8) is 0 Å². The summed E-state index contributed by atoms with van der Waals surface area (Å²) in [6.07, 6.45) is 2.54. The number of hydrogen-bond acceptors (Lipinski definition) is 3. The molecule has 4 nitrogen and oxygen atoms in total. The van der Waals surface area contributed by atoms with E-state index in [0.717, 1.165) is 30.7 Å². The van der Waals surface area contributed by atoms with Crippen LogP contribution in [-0.4, -0.2) is 14.5 Å². The zero-order chi connectivity index (χ0) is 12.1. The molecule has 1 heterocycles. The normalized spacial score (nSPS) is 10.4. The molecule has 16 heavy (non-hydrogen) atoms. The molecular weight excluding hydrogens is 222 g/mol. The first kappa shape index (κ1) is 12.8. The van der Waals surface area contributed by atoms with E-state index in [1.54, 1.807) is 4.57 Å². The molecule has 0 saturated heterocycles. The maximum atomic E-state index is 11.6. The van der Waals surface area contributed by atoms with E-state index in [-0.39, 0.29) is 5.69 Å². The molecule has 2 N–H and O–H groups in total. The smallest absolute Gasteiger partial charge is 0.347 e. The van der Waals surface area contributed by atoms with Gasteiger partial charge in [0.1, 0.15) is 0 Å². The first-order valence-corrected chi connectivity index (χ1v) is 5.75. The minimum atomic E-state index is -0.173. The summed E-state index contributed by atoms with van der Waals surface area (Å²) in [7, 11) is 0. The van der Waals surface area contributed by atoms with Crippen LogP contribution in [0.4, 0.5) is 0 Å². The molecule has 0 aliphatic heterocycles. The van der Waals surface area contributed by atoms with Crippen LogP contribution in [0.3, 0.4) is 0 Å². The number of aryl methyl sites for hydroxylation is 2. The van der Waals surface area contributed by atoms with Gasteiger partial charge in [0.25, 0.3) is 0 Å². The van der Waals surface area contributed by atoms with Crippen LogP contribution in [0, 0.1) is 13.8 Å². The van der Waals surface area contributed by atoms with Crippen LogP contribution in [0.5, 0.6) is 0 Å². The van der Waals surface area contributed by atoms with Gasteiger partial charge in [-0.2, -0.15) is 4.98 Å². The zero-order valence-electron chi connectivity index (χ0n) is 9.69. The largest absolute Gasteiger partial charge is 0.393 e. The summed E-state index contributed by atoms with van der Waals surface area (Å²) in [6.45, 7) is 4.43. The van der Waals surface area contributed by atoms with Crippen LogP contribution in [0.1, 0.15) is 30.7 Å². The van der Waals surface area contributed by atoms with Gasteiger partial charge in [0.2, 0.25) is 0 Å². The Morgan fingerprint density at radius 1 is 1.50 bits per heavy atom. The Morgan fingerprint density at radius 2 is 2.19 bits per heavy atom. The molecular formula is C11H17N3OS. The van der Waals surface area contributed by atoms with Crippen LogP contribution >= 0.6 is 12.2 Å². The lowest BCUT2D eigenvalue weighted by molar-refractivity contribution is 0.574. The second kappa shape index (κ2) is 5.75. The lowest BCUT2D eigenvalue weighted by Gasteiger charge is -2.09. The van der Waals surface area contributed by atoms with E-state index >= 15 is 0 Å². The molecule has 0 aromatic carbocycles. The topological polar surface area (TPSA) is 60.9 Å². The Kier molecular flexibility index (Phi) is 4.61. The third-order valence-corrected chi connectivity index (χ3v) is 2.61. The van der Waals surface area contributed by atoms with Crippen LogP contribution < -0.4 is 11.4 Å². The van der Waals surface area contributed by atoms with Crippen LogP contribution in [0.2, 0.25) is 0 Å². The highest BCUT2D eigenvalue weighted by Gasteiger charge is 2.02. The third-order valence-electron chi connectivity index (χ3n) is 2.40. The molecule has 0 spiro atoms. The Balaban J connectivity index is 2.61. The summed E-state index contributed by atoms with van der Waals surface area (Å²) in [6, 6.07) is 1.91. The van der Waals surface area contributed by atoms with Crippen molar-refractivity contribution >= 4 is 17.2 Å². The number of unbranched alkanes of at least 4 members (excludes halogenated alkanes) is 1. The molecule has 0 atom stereocenters. The first-order chi connectivity index (χ1) is 7.50. The molecule has 1 rings (SSSR count). The van der Waals surface area contributed by atoms with E-state index in [1.807, 2.05) is 19.9 Å². The fourth-order valence-electron chi connectivity index (χ4n) is 1.62. The first-order valence-electron chi connectivity index (χ1n) is 5.34. The van der Waals surface area contributed by atoms with E-state index in [9.17, 15) is 4.79 Å². The van der Waals surface area contributed by atoms with Crippen molar-refractivity contribution in [2.75, 3.05) is 0 Å². The van der Waals surface area contributed by atoms with E-state index in [4.69, 9.17) is 18.0 Å². The molecule has 88 valence electrons. The van der Waals surface area contributed by atoms with E-state index < -0.39 is 0 Å². The van der Waals surface area contributed by atoms with Crippen molar-refractivity contribution in [2.24, 2.45) is 5.73 Å². The number of hydrogen-bond donors (Lipinski definition) is 1. The SMILES string of the molecule is Cc1cc(C)n(CCCCC(N)=S)c(=O)n1. The van der Waals surface area contributed by atoms with E-state index in [0.29, 0.717) is 11.5 Å². The van der Waals surface area contributed by atoms with Gasteiger partial charge in [-0.15, -0.1) is 0 Å². The zero-order valence-corrected chi connectivity index (χ0v) is 10.5. The van der Waals surface area contributed by atoms with E-state index in [1.165, 1.54) is 0 Å². The highest BCUT2D eigenvalue weighted by atomic mass is 32.1. The Labute approximate surface area is 100 Å². The van der Waals surface area contributed by atoms with Crippen molar-refractivity contribution in [3.8, 4) is 0 Å². The summed E-state index contributed by atoms with van der Waals surface area (Å²) in [5, 5.41) is 0. The lowest BCUT2D eigenvalue weighted by atomic mass is 10.2. The average molecular weight is 239 g/mol. The molecule has 0 unspecified atom stereocenters. The predicted octanol–water partition coefficient (Wildman–Crippen LogP) is 1.32. The molecule has 0 radical (unpaired) electrons. The molecule has 0 aliphatic carbocycles. The van der Waals surface area contributed by atoms with Crippen molar-refractivity contribution in [3.05, 3.63) is 27.9 Å². The number of rotatable bonds is 5. The van der Waals surface area contributed by atoms with Gasteiger partial charge in [-0.05, 0) is 39.2 Å². The van der Waals surface area contributed by atoms with Gasteiger partial charge < -0.3 is 5.73 Å². The minimum Gasteiger partial charge on any atom is -0.393 e. The van der Waals surface area contributed by atoms with E-state index in [2.05, 4.69) is 4.98 Å². The Morgan fingerprint density at radius 3 is 2.75 bits per heavy atom. The van der Waals surface area contributed by atoms with Gasteiger partial charge in [0.05, 0.1) is 4.99 Å². The van der Waals surface area contributed by atoms with Crippen molar-refractivity contribution < 1.29 is 0 Å². The molecule has 0 bridgehead atoms. The van der Waals surface area contributed by atoms with Crippen LogP contribution in [0.25, 0.3) is 0 Å². The number of nitrogens with zero attached hydrogens (tertiary/aromatic N) is 2. The summed E-state index contributed by atoms with van der Waals surface area (Å²) in [5.74, 6) is 0. The maximum Gasteiger partial charge on any atom is 0.347 e. The maximum absolute atomic E-state index is 11.6. The van der Waals surface area contributed by atoms with Crippen LogP contribution in [0.15, 0.2) is 10.9 Å². The molecule has 0 saturated carbocycles. The average Bonchev–Trinajstić information content (AvgIpc) is 2.14. The minimum absolute atomic E-state index is 0.173. The second-order valence-corrected chi connectivity index (χ2v) is 4.42. The predicted molar refractivity (Wildman–Crippen MR) is 68.6 cm³/mol. The standard InChI is InChI=1S/C11H17N3OS/c1-8-7-9(2)14(11(15)13-8)6-4-3-5-10(12)16/h7H,3-6H2,1-2H3,(H2,12,16). The molecule has 0 fully saturated rings. The van der Waals surface area contributed by atoms with Gasteiger partial charge in [-0.3, -0.25) is 4.57 Å². The monoisotopic (exact) mass is 239 g/mol. The summed E-state index contributed by atoms with van der Waals surface area (Å²) >= 11 is 4.79. The highest BCUT2D eigenvalue weighted by Crippen LogP contribution is 2.01. The number of aromatic nitrogens is 2. The summed E-state index contributed by atoms with van der Waals surface area (Å²) in [5.41, 5.74) is 6.95. The molecule has 0 amide bonds. The van der Waals surface area contributed by atoms with Gasteiger partial charge >= 0.3 is 5.69 Å². The summed E-state index contributed by atoms with van der Waals surface area (Å²) in [4.78, 5) is 16.0. The molecule has 5 heteroatoms. The summed E-state index contributed by atoms with van der Waals surface area (Å²) < 4.78 is 1.69. The van der Waals surface area contributed by atoms with Crippen molar-refractivity contribution in [1.82, 2.24) is 9.55 Å². The Bertz CT molecular complexity index is 439. The number of nitrogens with two attached hydrogens (primary N) is 1. The lowest BCUT2D eigenvalue weighted by Crippen LogP contribution is -2.25. The third kappa shape index (κ3) is 3.73. The van der Waals surface area contributed by atoms with Gasteiger partial charge in [0.15, 0.2) is 0 Å². The fourth-order valence-corrected chi connectivity index (χ4v) is 1.76. The van der Waals surface area contributed by atoms with Crippen molar-refractivity contribution in [2.45, 2.75) is 39.7 Å². The fraction of sp³-hybridized carbons (Fsp3) is 0.545. The molecule has 0 aliphatic rings. The van der Waals surface area contributed by atoms with Gasteiger partial charge in [-0.1, -0.05) is 12.2 Å². The second-order valence-electron chi connectivity index (χ2n) is 3.90. The Hall–Kier alpha value is -1.23. The number of thiocarbonyl (C=S) groups is 1.